The van der Waals surface area contributed by atoms with Crippen LogP contribution in [0.3, 0.4) is 0 Å². The second kappa shape index (κ2) is 13.1. The number of amides is 1. The second-order valence-electron chi connectivity index (χ2n) is 8.54. The Morgan fingerprint density at radius 2 is 2.02 bits per heavy atom. The van der Waals surface area contributed by atoms with Crippen molar-refractivity contribution in [1.29, 1.82) is 0 Å². The number of carbonyl (C=O) groups excluding carboxylic acids is 2. The highest BCUT2D eigenvalue weighted by atomic mass is 35.5. The summed E-state index contributed by atoms with van der Waals surface area (Å²) in [5.74, 6) is -0.0473. The molecule has 1 aliphatic rings. The van der Waals surface area contributed by atoms with E-state index in [4.69, 9.17) is 37.7 Å². The lowest BCUT2D eigenvalue weighted by Gasteiger charge is -2.30. The van der Waals surface area contributed by atoms with E-state index in [0.717, 1.165) is 0 Å². The number of esters is 1. The summed E-state index contributed by atoms with van der Waals surface area (Å²) in [4.78, 5) is 35.7. The number of carbonyl (C=O) groups is 2. The molecular formula is C27H24ClN5O7S. The monoisotopic (exact) mass is 597 g/mol. The van der Waals surface area contributed by atoms with Crippen molar-refractivity contribution in [2.45, 2.75) is 19.9 Å². The van der Waals surface area contributed by atoms with Crippen molar-refractivity contribution in [1.82, 2.24) is 16.1 Å². The van der Waals surface area contributed by atoms with Crippen molar-refractivity contribution in [2.75, 3.05) is 13.2 Å². The Morgan fingerprint density at radius 3 is 2.78 bits per heavy atom. The number of rotatable bonds is 10. The zero-order chi connectivity index (χ0) is 29.5. The normalized spacial score (nSPS) is 14.8. The van der Waals surface area contributed by atoms with E-state index in [9.17, 15) is 19.7 Å². The highest BCUT2D eigenvalue weighted by Crippen LogP contribution is 2.34. The summed E-state index contributed by atoms with van der Waals surface area (Å²) in [6, 6.07) is 13.8. The van der Waals surface area contributed by atoms with Gasteiger partial charge in [0.1, 0.15) is 22.3 Å². The lowest BCUT2D eigenvalue weighted by molar-refractivity contribution is -0.384. The Bertz CT molecular complexity index is 1570. The number of ether oxygens (including phenoxy) is 2. The molecule has 0 saturated heterocycles. The van der Waals surface area contributed by atoms with E-state index in [0.29, 0.717) is 44.8 Å². The van der Waals surface area contributed by atoms with E-state index >= 15 is 0 Å². The molecule has 2 heterocycles. The molecule has 212 valence electrons. The number of nitro groups is 1. The SMILES string of the molecule is CCOC(=O)C1=C(C)NC(=S)N[C@@H]1c1ccccc1OCC(=O)NN=Cc1ccc(-c2ccc(Cl)c([N+](=O)[O-])c2)o1. The smallest absolute Gasteiger partial charge is 0.338 e. The molecule has 0 bridgehead atoms. The van der Waals surface area contributed by atoms with Gasteiger partial charge in [0.15, 0.2) is 11.7 Å². The summed E-state index contributed by atoms with van der Waals surface area (Å²) in [5, 5.41) is 21.4. The maximum atomic E-state index is 12.7. The van der Waals surface area contributed by atoms with Crippen LogP contribution in [0.1, 0.15) is 31.2 Å². The van der Waals surface area contributed by atoms with Crippen molar-refractivity contribution in [3.05, 3.63) is 92.3 Å². The predicted octanol–water partition coefficient (Wildman–Crippen LogP) is 4.39. The van der Waals surface area contributed by atoms with Crippen molar-refractivity contribution >= 4 is 52.7 Å². The molecule has 12 nitrogen and oxygen atoms in total. The fraction of sp³-hybridized carbons (Fsp3) is 0.185. The third kappa shape index (κ3) is 7.07. The molecule has 4 rings (SSSR count). The van der Waals surface area contributed by atoms with Crippen molar-refractivity contribution in [3.8, 4) is 17.1 Å². The highest BCUT2D eigenvalue weighted by molar-refractivity contribution is 7.80. The lowest BCUT2D eigenvalue weighted by Crippen LogP contribution is -2.45. The summed E-state index contributed by atoms with van der Waals surface area (Å²) in [7, 11) is 0. The van der Waals surface area contributed by atoms with Crippen molar-refractivity contribution in [2.24, 2.45) is 5.10 Å². The predicted molar refractivity (Wildman–Crippen MR) is 154 cm³/mol. The maximum absolute atomic E-state index is 12.7. The fourth-order valence-corrected chi connectivity index (χ4v) is 4.44. The Labute approximate surface area is 244 Å². The van der Waals surface area contributed by atoms with Gasteiger partial charge in [-0.15, -0.1) is 0 Å². The lowest BCUT2D eigenvalue weighted by atomic mass is 9.95. The first kappa shape index (κ1) is 29.2. The first-order chi connectivity index (χ1) is 19.7. The molecule has 1 aliphatic heterocycles. The number of hydrazone groups is 1. The maximum Gasteiger partial charge on any atom is 0.338 e. The van der Waals surface area contributed by atoms with Gasteiger partial charge in [0.05, 0.1) is 29.4 Å². The fourth-order valence-electron chi connectivity index (χ4n) is 3.98. The Morgan fingerprint density at radius 1 is 1.24 bits per heavy atom. The summed E-state index contributed by atoms with van der Waals surface area (Å²) in [6.07, 6.45) is 1.28. The second-order valence-corrected chi connectivity index (χ2v) is 9.35. The minimum atomic E-state index is -0.657. The quantitative estimate of drug-likeness (QED) is 0.101. The van der Waals surface area contributed by atoms with E-state index < -0.39 is 22.8 Å². The Kier molecular flexibility index (Phi) is 9.32. The molecule has 0 unspecified atom stereocenters. The molecule has 0 fully saturated rings. The van der Waals surface area contributed by atoms with Crippen LogP contribution in [-0.4, -0.2) is 41.3 Å². The summed E-state index contributed by atoms with van der Waals surface area (Å²) in [6.45, 7) is 3.27. The number of nitro benzene ring substituents is 1. The number of benzene rings is 2. The molecule has 3 aromatic rings. The highest BCUT2D eigenvalue weighted by Gasteiger charge is 2.32. The first-order valence-electron chi connectivity index (χ1n) is 12.2. The van der Waals surface area contributed by atoms with Gasteiger partial charge in [-0.3, -0.25) is 14.9 Å². The number of nitrogens with one attached hydrogen (secondary N) is 3. The number of allylic oxidation sites excluding steroid dienone is 1. The minimum Gasteiger partial charge on any atom is -0.483 e. The molecule has 0 radical (unpaired) electrons. The number of furan rings is 1. The number of hydrogen-bond donors (Lipinski definition) is 3. The van der Waals surface area contributed by atoms with Crippen LogP contribution in [-0.2, 0) is 14.3 Å². The molecule has 0 aliphatic carbocycles. The van der Waals surface area contributed by atoms with Gasteiger partial charge in [-0.25, -0.2) is 10.2 Å². The molecule has 0 spiro atoms. The Balaban J connectivity index is 1.40. The number of para-hydroxylation sites is 1. The molecule has 41 heavy (non-hydrogen) atoms. The van der Waals surface area contributed by atoms with E-state index in [1.807, 2.05) is 0 Å². The number of halogens is 1. The number of hydrogen-bond acceptors (Lipinski definition) is 9. The van der Waals surface area contributed by atoms with Gasteiger partial charge in [-0.1, -0.05) is 29.8 Å². The van der Waals surface area contributed by atoms with Gasteiger partial charge in [-0.2, -0.15) is 5.10 Å². The van der Waals surface area contributed by atoms with Crippen LogP contribution in [0.5, 0.6) is 5.75 Å². The zero-order valence-electron chi connectivity index (χ0n) is 21.8. The molecule has 0 saturated carbocycles. The average molecular weight is 598 g/mol. The molecule has 1 amide bonds. The zero-order valence-corrected chi connectivity index (χ0v) is 23.4. The number of thiocarbonyl (C=S) groups is 1. The summed E-state index contributed by atoms with van der Waals surface area (Å²) < 4.78 is 16.6. The van der Waals surface area contributed by atoms with Gasteiger partial charge in [-0.05, 0) is 56.4 Å². The van der Waals surface area contributed by atoms with Gasteiger partial charge < -0.3 is 24.5 Å². The van der Waals surface area contributed by atoms with Gasteiger partial charge in [0.25, 0.3) is 11.6 Å². The van der Waals surface area contributed by atoms with Crippen LogP contribution < -0.4 is 20.8 Å². The topological polar surface area (TPSA) is 157 Å². The van der Waals surface area contributed by atoms with Crippen LogP contribution in [0.25, 0.3) is 11.3 Å². The van der Waals surface area contributed by atoms with Crippen LogP contribution in [0.4, 0.5) is 5.69 Å². The van der Waals surface area contributed by atoms with Crippen LogP contribution in [0.2, 0.25) is 5.02 Å². The average Bonchev–Trinajstić information content (AvgIpc) is 3.40. The molecule has 1 atom stereocenters. The van der Waals surface area contributed by atoms with Crippen molar-refractivity contribution < 1.29 is 28.4 Å². The number of nitrogens with zero attached hydrogens (tertiary/aromatic N) is 2. The van der Waals surface area contributed by atoms with Crippen LogP contribution in [0.15, 0.2) is 75.4 Å². The largest absolute Gasteiger partial charge is 0.483 e. The summed E-state index contributed by atoms with van der Waals surface area (Å²) >= 11 is 11.1. The van der Waals surface area contributed by atoms with Crippen LogP contribution >= 0.6 is 23.8 Å². The molecule has 1 aromatic heterocycles. The Hall–Kier alpha value is -4.75. The van der Waals surface area contributed by atoms with Gasteiger partial charge in [0, 0.05) is 22.9 Å². The molecule has 2 aromatic carbocycles. The van der Waals surface area contributed by atoms with E-state index in [2.05, 4.69) is 21.2 Å². The third-order valence-electron chi connectivity index (χ3n) is 5.79. The first-order valence-corrected chi connectivity index (χ1v) is 13.0. The molecule has 14 heteroatoms. The van der Waals surface area contributed by atoms with E-state index in [1.54, 1.807) is 56.3 Å². The minimum absolute atomic E-state index is 0.0149. The van der Waals surface area contributed by atoms with Crippen molar-refractivity contribution in [3.63, 3.8) is 0 Å². The van der Waals surface area contributed by atoms with Gasteiger partial charge >= 0.3 is 5.97 Å². The molecule has 3 N–H and O–H groups in total. The van der Waals surface area contributed by atoms with E-state index in [1.165, 1.54) is 18.3 Å². The van der Waals surface area contributed by atoms with Crippen LogP contribution in [0, 0.1) is 10.1 Å². The summed E-state index contributed by atoms with van der Waals surface area (Å²) in [5.41, 5.74) is 4.04. The van der Waals surface area contributed by atoms with Gasteiger partial charge in [0.2, 0.25) is 0 Å². The standard InChI is InChI=1S/C27H24ClN5O7S/c1-3-38-26(35)24-15(2)30-27(41)31-25(24)18-6-4-5-7-22(18)39-14-23(34)32-29-13-17-9-11-21(40-17)16-8-10-19(28)20(12-16)33(36)37/h4-13,25H,3,14H2,1-2H3,(H,32,34)(H2,30,31,41)/t25-/m1/s1. The molecular weight excluding hydrogens is 574 g/mol. The third-order valence-corrected chi connectivity index (χ3v) is 6.33. The van der Waals surface area contributed by atoms with E-state index in [-0.39, 0.29) is 23.9 Å².